The first kappa shape index (κ1) is 23.1. The van der Waals surface area contributed by atoms with E-state index in [-0.39, 0.29) is 35.5 Å². The third-order valence-electron chi connectivity index (χ3n) is 5.23. The molecular weight excluding hydrogens is 422 g/mol. The van der Waals surface area contributed by atoms with Crippen molar-refractivity contribution in [2.45, 2.75) is 45.8 Å². The van der Waals surface area contributed by atoms with E-state index in [1.165, 1.54) is 42.2 Å². The van der Waals surface area contributed by atoms with Gasteiger partial charge >= 0.3 is 5.97 Å². The maximum absolute atomic E-state index is 14.2. The number of allylic oxidation sites excluding steroid dienone is 1. The number of nitro benzene ring substituents is 1. The van der Waals surface area contributed by atoms with E-state index >= 15 is 0 Å². The Morgan fingerprint density at radius 3 is 2.59 bits per heavy atom. The van der Waals surface area contributed by atoms with E-state index in [2.05, 4.69) is 0 Å². The zero-order valence-electron chi connectivity index (χ0n) is 17.8. The van der Waals surface area contributed by atoms with Gasteiger partial charge in [-0.3, -0.25) is 14.9 Å². The van der Waals surface area contributed by atoms with Crippen LogP contribution in [0.15, 0.2) is 53.7 Å². The Labute approximate surface area is 183 Å². The molecule has 1 aliphatic heterocycles. The molecule has 1 aliphatic rings. The Morgan fingerprint density at radius 1 is 1.25 bits per heavy atom. The fraction of sp³-hybridized carbons (Fsp3) is 0.304. The summed E-state index contributed by atoms with van der Waals surface area (Å²) < 4.78 is 33.2. The highest BCUT2D eigenvalue weighted by Gasteiger charge is 2.38. The Hall–Kier alpha value is -3.62. The van der Waals surface area contributed by atoms with Gasteiger partial charge in [0.2, 0.25) is 5.91 Å². The predicted molar refractivity (Wildman–Crippen MR) is 111 cm³/mol. The minimum Gasteiger partial charge on any atom is -0.460 e. The van der Waals surface area contributed by atoms with Crippen molar-refractivity contribution in [3.8, 4) is 0 Å². The van der Waals surface area contributed by atoms with Crippen molar-refractivity contribution >= 4 is 17.6 Å². The number of non-ortho nitro benzene ring substituents is 1. The first-order chi connectivity index (χ1) is 15.1. The third kappa shape index (κ3) is 4.66. The lowest BCUT2D eigenvalue weighted by molar-refractivity contribution is -0.384. The van der Waals surface area contributed by atoms with Gasteiger partial charge in [-0.15, -0.1) is 0 Å². The number of ether oxygens (including phenoxy) is 1. The molecule has 1 amide bonds. The van der Waals surface area contributed by atoms with Gasteiger partial charge in [-0.1, -0.05) is 24.3 Å². The Kier molecular flexibility index (Phi) is 6.67. The van der Waals surface area contributed by atoms with Crippen molar-refractivity contribution in [3.05, 3.63) is 86.6 Å². The number of esters is 1. The molecule has 3 rings (SSSR count). The molecule has 0 unspecified atom stereocenters. The number of carbonyl (C=O) groups is 2. The summed E-state index contributed by atoms with van der Waals surface area (Å²) in [6.45, 7) is 4.60. The first-order valence-corrected chi connectivity index (χ1v) is 9.99. The number of hydrogen-bond donors (Lipinski definition) is 0. The van der Waals surface area contributed by atoms with E-state index in [9.17, 15) is 28.5 Å². The molecule has 0 saturated carbocycles. The largest absolute Gasteiger partial charge is 0.460 e. The number of nitrogens with zero attached hydrogens (tertiary/aromatic N) is 2. The van der Waals surface area contributed by atoms with E-state index in [0.29, 0.717) is 5.56 Å². The number of nitro groups is 1. The van der Waals surface area contributed by atoms with Crippen LogP contribution in [0.4, 0.5) is 14.5 Å². The van der Waals surface area contributed by atoms with E-state index in [1.807, 2.05) is 0 Å². The highest BCUT2D eigenvalue weighted by atomic mass is 19.2. The minimum absolute atomic E-state index is 0.0388. The molecular formula is C23H22F2N2O5. The number of carbonyl (C=O) groups excluding carboxylic acids is 2. The standard InChI is InChI=1S/C23H22F2N2O5/c1-13(2)32-23(29)21-14(3)26(12-16-7-5-9-19(24)22(16)25)20(28)11-18(21)15-6-4-8-17(10-15)27(30)31/h4-10,13,18H,11-12H2,1-3H3/t18-/m0/s1. The highest BCUT2D eigenvalue weighted by Crippen LogP contribution is 2.39. The summed E-state index contributed by atoms with van der Waals surface area (Å²) in [6, 6.07) is 9.38. The summed E-state index contributed by atoms with van der Waals surface area (Å²) in [5, 5.41) is 11.2. The van der Waals surface area contributed by atoms with Gasteiger partial charge < -0.3 is 9.64 Å². The summed E-state index contributed by atoms with van der Waals surface area (Å²) in [7, 11) is 0. The second kappa shape index (κ2) is 9.25. The predicted octanol–water partition coefficient (Wildman–Crippen LogP) is 4.61. The van der Waals surface area contributed by atoms with E-state index < -0.39 is 40.5 Å². The number of rotatable bonds is 6. The SMILES string of the molecule is CC1=C(C(=O)OC(C)C)[C@H](c2cccc([N+](=O)[O-])c2)CC(=O)N1Cc1cccc(F)c1F. The lowest BCUT2D eigenvalue weighted by Crippen LogP contribution is -2.38. The second-order valence-corrected chi connectivity index (χ2v) is 7.75. The zero-order valence-corrected chi connectivity index (χ0v) is 17.8. The van der Waals surface area contributed by atoms with Crippen LogP contribution in [0.25, 0.3) is 0 Å². The topological polar surface area (TPSA) is 89.7 Å². The Bertz CT molecular complexity index is 1110. The van der Waals surface area contributed by atoms with Crippen LogP contribution in [-0.4, -0.2) is 27.8 Å². The van der Waals surface area contributed by atoms with Gasteiger partial charge in [0.25, 0.3) is 5.69 Å². The van der Waals surface area contributed by atoms with E-state index in [1.54, 1.807) is 19.9 Å². The molecule has 1 atom stereocenters. The van der Waals surface area contributed by atoms with Gasteiger partial charge in [-0.25, -0.2) is 13.6 Å². The third-order valence-corrected chi connectivity index (χ3v) is 5.23. The molecule has 0 bridgehead atoms. The van der Waals surface area contributed by atoms with Crippen LogP contribution in [0.3, 0.4) is 0 Å². The number of benzene rings is 2. The van der Waals surface area contributed by atoms with Crippen molar-refractivity contribution in [3.63, 3.8) is 0 Å². The van der Waals surface area contributed by atoms with Gasteiger partial charge in [-0.05, 0) is 32.4 Å². The van der Waals surface area contributed by atoms with Crippen LogP contribution in [-0.2, 0) is 20.9 Å². The summed E-state index contributed by atoms with van der Waals surface area (Å²) in [6.07, 6.45) is -0.627. The Balaban J connectivity index is 2.09. The smallest absolute Gasteiger partial charge is 0.336 e. The molecule has 0 aliphatic carbocycles. The van der Waals surface area contributed by atoms with Crippen LogP contribution < -0.4 is 0 Å². The fourth-order valence-electron chi connectivity index (χ4n) is 3.73. The van der Waals surface area contributed by atoms with Crippen molar-refractivity contribution < 1.29 is 28.0 Å². The van der Waals surface area contributed by atoms with Gasteiger partial charge in [0.15, 0.2) is 11.6 Å². The van der Waals surface area contributed by atoms with Crippen LogP contribution >= 0.6 is 0 Å². The molecule has 1 heterocycles. The van der Waals surface area contributed by atoms with Crippen LogP contribution in [0.1, 0.15) is 44.2 Å². The maximum Gasteiger partial charge on any atom is 0.336 e. The van der Waals surface area contributed by atoms with Gasteiger partial charge in [0.05, 0.1) is 23.1 Å². The zero-order chi connectivity index (χ0) is 23.6. The maximum atomic E-state index is 14.2. The van der Waals surface area contributed by atoms with Crippen molar-refractivity contribution in [2.75, 3.05) is 0 Å². The van der Waals surface area contributed by atoms with E-state index in [4.69, 9.17) is 4.74 Å². The normalized spacial score (nSPS) is 16.5. The van der Waals surface area contributed by atoms with E-state index in [0.717, 1.165) is 6.07 Å². The number of amides is 1. The minimum atomic E-state index is -1.07. The highest BCUT2D eigenvalue weighted by molar-refractivity contribution is 5.96. The lowest BCUT2D eigenvalue weighted by Gasteiger charge is -2.34. The molecule has 0 spiro atoms. The molecule has 168 valence electrons. The monoisotopic (exact) mass is 444 g/mol. The fourth-order valence-corrected chi connectivity index (χ4v) is 3.73. The molecule has 2 aromatic rings. The molecule has 7 nitrogen and oxygen atoms in total. The summed E-state index contributed by atoms with van der Waals surface area (Å²) >= 11 is 0. The Morgan fingerprint density at radius 2 is 1.94 bits per heavy atom. The average Bonchev–Trinajstić information content (AvgIpc) is 2.73. The molecule has 32 heavy (non-hydrogen) atoms. The van der Waals surface area contributed by atoms with Crippen molar-refractivity contribution in [1.29, 1.82) is 0 Å². The molecule has 0 aromatic heterocycles. The van der Waals surface area contributed by atoms with Gasteiger partial charge in [-0.2, -0.15) is 0 Å². The first-order valence-electron chi connectivity index (χ1n) is 9.99. The lowest BCUT2D eigenvalue weighted by atomic mass is 9.83. The quantitative estimate of drug-likeness (QED) is 0.369. The summed E-state index contributed by atoms with van der Waals surface area (Å²) in [5.74, 6) is -3.99. The summed E-state index contributed by atoms with van der Waals surface area (Å²) in [4.78, 5) is 37.8. The molecule has 0 radical (unpaired) electrons. The van der Waals surface area contributed by atoms with Crippen molar-refractivity contribution in [2.24, 2.45) is 0 Å². The molecule has 2 aromatic carbocycles. The molecule has 9 heteroatoms. The second-order valence-electron chi connectivity index (χ2n) is 7.75. The summed E-state index contributed by atoms with van der Waals surface area (Å²) in [5.41, 5.74) is 0.582. The molecule has 0 fully saturated rings. The van der Waals surface area contributed by atoms with Gasteiger partial charge in [0, 0.05) is 35.7 Å². The number of halogens is 2. The average molecular weight is 444 g/mol. The van der Waals surface area contributed by atoms with Crippen LogP contribution in [0, 0.1) is 21.7 Å². The number of hydrogen-bond acceptors (Lipinski definition) is 5. The van der Waals surface area contributed by atoms with Crippen molar-refractivity contribution in [1.82, 2.24) is 4.90 Å². The van der Waals surface area contributed by atoms with Crippen LogP contribution in [0.5, 0.6) is 0 Å². The molecule has 0 N–H and O–H groups in total. The van der Waals surface area contributed by atoms with Crippen LogP contribution in [0.2, 0.25) is 0 Å². The van der Waals surface area contributed by atoms with Gasteiger partial charge in [0.1, 0.15) is 0 Å². The molecule has 0 saturated heterocycles.